The third-order valence-corrected chi connectivity index (χ3v) is 3.92. The van der Waals surface area contributed by atoms with E-state index in [0.29, 0.717) is 0 Å². The minimum absolute atomic E-state index is 0.783. The number of carboxylic acid groups (broad SMARTS) is 1. The molecule has 1 amide bonds. The summed E-state index contributed by atoms with van der Waals surface area (Å²) in [5.41, 5.74) is 0. The molecule has 14 heteroatoms. The van der Waals surface area contributed by atoms with Gasteiger partial charge in [-0.1, -0.05) is 0 Å². The van der Waals surface area contributed by atoms with Gasteiger partial charge in [-0.05, 0) is 0 Å². The SMILES string of the molecule is CC(=O)N[C@H]1[C@H]([C@H](O)[C@H](O)CO)O[C@@](O)(C(=O)O)C[C@@H]1OS(=O)(=O)O. The summed E-state index contributed by atoms with van der Waals surface area (Å²) in [4.78, 5) is 22.5. The van der Waals surface area contributed by atoms with Crippen molar-refractivity contribution in [1.29, 1.82) is 0 Å². The van der Waals surface area contributed by atoms with Crippen molar-refractivity contribution in [2.24, 2.45) is 0 Å². The van der Waals surface area contributed by atoms with Crippen LogP contribution in [-0.2, 0) is 28.9 Å². The molecule has 0 aromatic carbocycles. The highest BCUT2D eigenvalue weighted by molar-refractivity contribution is 7.80. The van der Waals surface area contributed by atoms with Crippen molar-refractivity contribution in [2.75, 3.05) is 6.61 Å². The Hall–Kier alpha value is -1.39. The van der Waals surface area contributed by atoms with Crippen molar-refractivity contribution in [3.05, 3.63) is 0 Å². The Morgan fingerprint density at radius 1 is 1.40 bits per heavy atom. The number of aliphatic hydroxyl groups is 4. The Morgan fingerprint density at radius 2 is 1.96 bits per heavy atom. The van der Waals surface area contributed by atoms with E-state index in [4.69, 9.17) is 19.5 Å². The predicted molar refractivity (Wildman–Crippen MR) is 75.2 cm³/mol. The van der Waals surface area contributed by atoms with E-state index in [2.05, 4.69) is 9.50 Å². The number of aliphatic carboxylic acids is 1. The van der Waals surface area contributed by atoms with Crippen LogP contribution in [0.5, 0.6) is 0 Å². The molecule has 6 atom stereocenters. The van der Waals surface area contributed by atoms with Gasteiger partial charge in [-0.15, -0.1) is 0 Å². The van der Waals surface area contributed by atoms with Gasteiger partial charge in [-0.3, -0.25) is 9.35 Å². The lowest BCUT2D eigenvalue weighted by Gasteiger charge is -2.45. The number of amides is 1. The smallest absolute Gasteiger partial charge is 0.397 e. The number of carboxylic acids is 1. The van der Waals surface area contributed by atoms with Crippen LogP contribution in [0.3, 0.4) is 0 Å². The van der Waals surface area contributed by atoms with Crippen LogP contribution >= 0.6 is 0 Å². The molecule has 0 radical (unpaired) electrons. The summed E-state index contributed by atoms with van der Waals surface area (Å²) in [5, 5.41) is 49.6. The molecule has 0 aliphatic carbocycles. The van der Waals surface area contributed by atoms with Crippen molar-refractivity contribution >= 4 is 22.3 Å². The minimum atomic E-state index is -5.15. The summed E-state index contributed by atoms with van der Waals surface area (Å²) in [6.45, 7) is -0.00242. The first-order valence-electron chi connectivity index (χ1n) is 6.84. The molecule has 1 aliphatic heterocycles. The van der Waals surface area contributed by atoms with Crippen molar-refractivity contribution in [1.82, 2.24) is 5.32 Å². The normalized spacial score (nSPS) is 32.6. The molecule has 146 valence electrons. The van der Waals surface area contributed by atoms with Crippen LogP contribution in [0.25, 0.3) is 0 Å². The summed E-state index contributed by atoms with van der Waals surface area (Å²) in [7, 11) is -5.15. The second-order valence-corrected chi connectivity index (χ2v) is 6.45. The number of rotatable bonds is 7. The molecular weight excluding hydrogens is 370 g/mol. The maximum atomic E-state index is 11.3. The molecule has 0 bridgehead atoms. The zero-order valence-electron chi connectivity index (χ0n) is 12.8. The van der Waals surface area contributed by atoms with Gasteiger partial charge in [0.25, 0.3) is 5.79 Å². The second-order valence-electron chi connectivity index (χ2n) is 5.41. The van der Waals surface area contributed by atoms with Crippen LogP contribution < -0.4 is 5.32 Å². The minimum Gasteiger partial charge on any atom is -0.477 e. The van der Waals surface area contributed by atoms with Crippen LogP contribution in [0, 0.1) is 0 Å². The molecule has 1 fully saturated rings. The number of hydrogen-bond acceptors (Lipinski definition) is 10. The molecular formula is C11H19NO12S. The van der Waals surface area contributed by atoms with Gasteiger partial charge in [0.15, 0.2) is 0 Å². The molecule has 0 spiro atoms. The number of hydrogen-bond donors (Lipinski definition) is 7. The van der Waals surface area contributed by atoms with Gasteiger partial charge in [0.2, 0.25) is 5.91 Å². The summed E-state index contributed by atoms with van der Waals surface area (Å²) in [6.07, 6.45) is -8.78. The number of ether oxygens (including phenoxy) is 1. The first-order chi connectivity index (χ1) is 11.3. The van der Waals surface area contributed by atoms with Gasteiger partial charge in [-0.2, -0.15) is 8.42 Å². The Morgan fingerprint density at radius 3 is 2.36 bits per heavy atom. The number of carbonyl (C=O) groups excluding carboxylic acids is 1. The fourth-order valence-electron chi connectivity index (χ4n) is 2.36. The van der Waals surface area contributed by atoms with E-state index < -0.39 is 71.5 Å². The molecule has 0 saturated carbocycles. The zero-order valence-corrected chi connectivity index (χ0v) is 13.7. The van der Waals surface area contributed by atoms with Crippen molar-refractivity contribution in [2.45, 2.75) is 49.6 Å². The third-order valence-electron chi connectivity index (χ3n) is 3.43. The van der Waals surface area contributed by atoms with Crippen LogP contribution in [-0.4, -0.2) is 93.2 Å². The Balaban J connectivity index is 3.33. The molecule has 0 aromatic heterocycles. The first kappa shape index (κ1) is 21.7. The first-order valence-corrected chi connectivity index (χ1v) is 8.20. The molecule has 25 heavy (non-hydrogen) atoms. The van der Waals surface area contributed by atoms with Gasteiger partial charge in [0.05, 0.1) is 12.6 Å². The Kier molecular flexibility index (Phi) is 6.82. The lowest BCUT2D eigenvalue weighted by molar-refractivity contribution is -0.292. The van der Waals surface area contributed by atoms with Gasteiger partial charge in [-0.25, -0.2) is 8.98 Å². The number of carbonyl (C=O) groups is 2. The molecule has 1 rings (SSSR count). The lowest BCUT2D eigenvalue weighted by Crippen LogP contribution is -2.67. The van der Waals surface area contributed by atoms with Gasteiger partial charge in [0, 0.05) is 13.3 Å². The zero-order chi connectivity index (χ0) is 19.6. The van der Waals surface area contributed by atoms with Gasteiger partial charge < -0.3 is 35.6 Å². The third kappa shape index (κ3) is 5.55. The van der Waals surface area contributed by atoms with E-state index in [0.717, 1.165) is 6.92 Å². The molecule has 7 N–H and O–H groups in total. The fourth-order valence-corrected chi connectivity index (χ4v) is 2.86. The van der Waals surface area contributed by atoms with Crippen LogP contribution in [0.2, 0.25) is 0 Å². The fraction of sp³-hybridized carbons (Fsp3) is 0.818. The van der Waals surface area contributed by atoms with E-state index >= 15 is 0 Å². The topological polar surface area (TPSA) is 220 Å². The highest BCUT2D eigenvalue weighted by Crippen LogP contribution is 2.32. The number of aliphatic hydroxyl groups excluding tert-OH is 3. The van der Waals surface area contributed by atoms with E-state index in [1.807, 2.05) is 0 Å². The monoisotopic (exact) mass is 389 g/mol. The highest BCUT2D eigenvalue weighted by Gasteiger charge is 2.55. The molecule has 1 heterocycles. The van der Waals surface area contributed by atoms with E-state index in [1.165, 1.54) is 0 Å². The average molecular weight is 389 g/mol. The highest BCUT2D eigenvalue weighted by atomic mass is 32.3. The van der Waals surface area contributed by atoms with Gasteiger partial charge in [0.1, 0.15) is 24.4 Å². The summed E-state index contributed by atoms with van der Waals surface area (Å²) < 4.78 is 39.9. The largest absolute Gasteiger partial charge is 0.477 e. The lowest BCUT2D eigenvalue weighted by atomic mass is 9.88. The number of nitrogens with one attached hydrogen (secondary N) is 1. The van der Waals surface area contributed by atoms with Crippen LogP contribution in [0.15, 0.2) is 0 Å². The van der Waals surface area contributed by atoms with Gasteiger partial charge >= 0.3 is 16.4 Å². The van der Waals surface area contributed by atoms with Crippen LogP contribution in [0.4, 0.5) is 0 Å². The Bertz CT molecular complexity index is 608. The van der Waals surface area contributed by atoms with Crippen molar-refractivity contribution in [3.8, 4) is 0 Å². The van der Waals surface area contributed by atoms with E-state index in [-0.39, 0.29) is 0 Å². The maximum Gasteiger partial charge on any atom is 0.397 e. The quantitative estimate of drug-likeness (QED) is 0.207. The van der Waals surface area contributed by atoms with E-state index in [1.54, 1.807) is 0 Å². The summed E-state index contributed by atoms with van der Waals surface area (Å²) in [5.74, 6) is -5.83. The van der Waals surface area contributed by atoms with Crippen LogP contribution in [0.1, 0.15) is 13.3 Å². The summed E-state index contributed by atoms with van der Waals surface area (Å²) >= 11 is 0. The summed E-state index contributed by atoms with van der Waals surface area (Å²) in [6, 6.07) is -1.60. The average Bonchev–Trinajstić information content (AvgIpc) is 2.46. The standard InChI is InChI=1S/C11H19NO12S/c1-4(14)12-7-6(24-25(20,21)22)2-11(19,10(17)18)23-9(7)8(16)5(15)3-13/h5-9,13,15-16,19H,2-3H2,1H3,(H,12,14)(H,17,18)(H,20,21,22)/t5-,6+,7-,8-,9-,11-/m1/s1. The Labute approximate surface area is 141 Å². The van der Waals surface area contributed by atoms with Crippen molar-refractivity contribution in [3.63, 3.8) is 0 Å². The molecule has 13 nitrogen and oxygen atoms in total. The van der Waals surface area contributed by atoms with E-state index in [9.17, 15) is 33.3 Å². The molecule has 1 saturated heterocycles. The molecule has 0 unspecified atom stereocenters. The second kappa shape index (κ2) is 7.88. The maximum absolute atomic E-state index is 11.3. The molecule has 0 aromatic rings. The molecule has 1 aliphatic rings. The van der Waals surface area contributed by atoms with Crippen molar-refractivity contribution < 1.29 is 57.0 Å². The predicted octanol–water partition coefficient (Wildman–Crippen LogP) is -4.04.